The predicted molar refractivity (Wildman–Crippen MR) is 71.9 cm³/mol. The van der Waals surface area contributed by atoms with Crippen LogP contribution in [0.3, 0.4) is 0 Å². The predicted octanol–water partition coefficient (Wildman–Crippen LogP) is 1.36. The molecule has 0 heterocycles. The molecule has 0 aliphatic carbocycles. The maximum atomic E-state index is 11.7. The summed E-state index contributed by atoms with van der Waals surface area (Å²) >= 11 is 0. The number of ether oxygens (including phenoxy) is 3. The number of alkyl carbamates (subject to hydrolysis) is 1. The summed E-state index contributed by atoms with van der Waals surface area (Å²) in [7, 11) is 0. The van der Waals surface area contributed by atoms with Crippen molar-refractivity contribution in [1.82, 2.24) is 5.32 Å². The standard InChI is InChI=1S/C14H17NO6/c1-10(15-14(18)21-11(2)20-9-16)13(17)19-8-12-6-4-3-5-7-12/h3-7,9-11H,8H2,1-2H3,(H,15,18)/t10-,11?/m0/s1. The highest BCUT2D eigenvalue weighted by atomic mass is 16.7. The van der Waals surface area contributed by atoms with E-state index in [2.05, 4.69) is 14.8 Å². The summed E-state index contributed by atoms with van der Waals surface area (Å²) in [5.74, 6) is -0.597. The highest BCUT2D eigenvalue weighted by Gasteiger charge is 2.19. The number of esters is 1. The van der Waals surface area contributed by atoms with Gasteiger partial charge in [0, 0.05) is 6.92 Å². The van der Waals surface area contributed by atoms with Crippen LogP contribution in [0.25, 0.3) is 0 Å². The monoisotopic (exact) mass is 295 g/mol. The SMILES string of the molecule is CC(OC=O)OC(=O)N[C@@H](C)C(=O)OCc1ccccc1. The zero-order valence-corrected chi connectivity index (χ0v) is 11.8. The molecule has 21 heavy (non-hydrogen) atoms. The smallest absolute Gasteiger partial charge is 0.410 e. The molecule has 0 saturated heterocycles. The molecule has 7 nitrogen and oxygen atoms in total. The van der Waals surface area contributed by atoms with E-state index >= 15 is 0 Å². The van der Waals surface area contributed by atoms with Crippen LogP contribution in [0.2, 0.25) is 0 Å². The molecule has 0 bridgehead atoms. The van der Waals surface area contributed by atoms with E-state index in [4.69, 9.17) is 4.74 Å². The molecule has 0 fully saturated rings. The fourth-order valence-electron chi connectivity index (χ4n) is 1.38. The average molecular weight is 295 g/mol. The Labute approximate surface area is 122 Å². The van der Waals surface area contributed by atoms with Gasteiger partial charge in [-0.05, 0) is 12.5 Å². The van der Waals surface area contributed by atoms with Gasteiger partial charge >= 0.3 is 12.1 Å². The van der Waals surface area contributed by atoms with Gasteiger partial charge in [0.1, 0.15) is 12.6 Å². The molecule has 0 aliphatic heterocycles. The first kappa shape index (κ1) is 16.5. The zero-order valence-electron chi connectivity index (χ0n) is 11.8. The van der Waals surface area contributed by atoms with Crippen molar-refractivity contribution < 1.29 is 28.6 Å². The summed E-state index contributed by atoms with van der Waals surface area (Å²) in [4.78, 5) is 33.1. The summed E-state index contributed by atoms with van der Waals surface area (Å²) in [6, 6.07) is 8.27. The Morgan fingerprint density at radius 3 is 2.52 bits per heavy atom. The lowest BCUT2D eigenvalue weighted by Gasteiger charge is -2.15. The molecular weight excluding hydrogens is 278 g/mol. The van der Waals surface area contributed by atoms with Crippen molar-refractivity contribution in [3.05, 3.63) is 35.9 Å². The largest absolute Gasteiger partial charge is 0.459 e. The molecule has 1 aromatic rings. The molecule has 7 heteroatoms. The van der Waals surface area contributed by atoms with Crippen LogP contribution in [0.1, 0.15) is 19.4 Å². The summed E-state index contributed by atoms with van der Waals surface area (Å²) < 4.78 is 14.1. The molecule has 114 valence electrons. The Morgan fingerprint density at radius 1 is 1.24 bits per heavy atom. The fraction of sp³-hybridized carbons (Fsp3) is 0.357. The van der Waals surface area contributed by atoms with Crippen LogP contribution in [0.15, 0.2) is 30.3 Å². The Kier molecular flexibility index (Phi) is 6.73. The number of carbonyl (C=O) groups is 3. The van der Waals surface area contributed by atoms with Crippen molar-refractivity contribution in [2.45, 2.75) is 32.8 Å². The fourth-order valence-corrected chi connectivity index (χ4v) is 1.38. The molecule has 2 atom stereocenters. The van der Waals surface area contributed by atoms with Gasteiger partial charge in [-0.3, -0.25) is 4.79 Å². The topological polar surface area (TPSA) is 90.9 Å². The lowest BCUT2D eigenvalue weighted by Crippen LogP contribution is -2.41. The lowest BCUT2D eigenvalue weighted by molar-refractivity contribution is -0.151. The third-order valence-corrected chi connectivity index (χ3v) is 2.43. The van der Waals surface area contributed by atoms with Crippen LogP contribution in [-0.2, 0) is 30.4 Å². The highest BCUT2D eigenvalue weighted by molar-refractivity contribution is 5.80. The number of benzene rings is 1. The van der Waals surface area contributed by atoms with Gasteiger partial charge in [-0.2, -0.15) is 0 Å². The van der Waals surface area contributed by atoms with E-state index in [1.165, 1.54) is 13.8 Å². The maximum absolute atomic E-state index is 11.7. The molecule has 1 aromatic carbocycles. The van der Waals surface area contributed by atoms with Crippen molar-refractivity contribution in [3.63, 3.8) is 0 Å². The molecular formula is C14H17NO6. The number of nitrogens with one attached hydrogen (secondary N) is 1. The molecule has 0 saturated carbocycles. The summed E-state index contributed by atoms with van der Waals surface area (Å²) in [5.41, 5.74) is 0.841. The van der Waals surface area contributed by atoms with Gasteiger partial charge in [-0.25, -0.2) is 9.59 Å². The van der Waals surface area contributed by atoms with Crippen LogP contribution in [0, 0.1) is 0 Å². The van der Waals surface area contributed by atoms with Crippen LogP contribution in [0.5, 0.6) is 0 Å². The van der Waals surface area contributed by atoms with Gasteiger partial charge in [-0.15, -0.1) is 0 Å². The zero-order chi connectivity index (χ0) is 15.7. The maximum Gasteiger partial charge on any atom is 0.410 e. The number of rotatable bonds is 7. The molecule has 1 unspecified atom stereocenters. The van der Waals surface area contributed by atoms with E-state index in [0.29, 0.717) is 0 Å². The van der Waals surface area contributed by atoms with Gasteiger partial charge in [-0.1, -0.05) is 30.3 Å². The summed E-state index contributed by atoms with van der Waals surface area (Å²) in [6.45, 7) is 3.10. The van der Waals surface area contributed by atoms with E-state index in [9.17, 15) is 14.4 Å². The lowest BCUT2D eigenvalue weighted by atomic mass is 10.2. The van der Waals surface area contributed by atoms with Gasteiger partial charge in [0.05, 0.1) is 0 Å². The Bertz CT molecular complexity index is 476. The minimum Gasteiger partial charge on any atom is -0.459 e. The second kappa shape index (κ2) is 8.57. The van der Waals surface area contributed by atoms with E-state index in [0.717, 1.165) is 5.56 Å². The van der Waals surface area contributed by atoms with Crippen molar-refractivity contribution in [2.24, 2.45) is 0 Å². The minimum atomic E-state index is -1.03. The second-order valence-electron chi connectivity index (χ2n) is 4.16. The van der Waals surface area contributed by atoms with Gasteiger partial charge in [0.15, 0.2) is 0 Å². The Balaban J connectivity index is 2.33. The third kappa shape index (κ3) is 6.42. The molecule has 0 aromatic heterocycles. The quantitative estimate of drug-likeness (QED) is 0.464. The summed E-state index contributed by atoms with van der Waals surface area (Å²) in [6.07, 6.45) is -1.91. The first-order valence-corrected chi connectivity index (χ1v) is 6.29. The molecule has 0 spiro atoms. The van der Waals surface area contributed by atoms with E-state index < -0.39 is 24.4 Å². The van der Waals surface area contributed by atoms with E-state index in [1.54, 1.807) is 0 Å². The first-order valence-electron chi connectivity index (χ1n) is 6.29. The van der Waals surface area contributed by atoms with E-state index in [1.807, 2.05) is 30.3 Å². The van der Waals surface area contributed by atoms with Crippen molar-refractivity contribution >= 4 is 18.5 Å². The molecule has 1 rings (SSSR count). The molecule has 0 radical (unpaired) electrons. The van der Waals surface area contributed by atoms with Crippen LogP contribution in [-0.4, -0.2) is 30.9 Å². The van der Waals surface area contributed by atoms with Crippen LogP contribution >= 0.6 is 0 Å². The average Bonchev–Trinajstić information content (AvgIpc) is 2.45. The molecule has 1 amide bonds. The van der Waals surface area contributed by atoms with Gasteiger partial charge in [0.25, 0.3) is 6.47 Å². The first-order chi connectivity index (χ1) is 10.0. The van der Waals surface area contributed by atoms with Crippen molar-refractivity contribution in [3.8, 4) is 0 Å². The normalized spacial score (nSPS) is 12.7. The van der Waals surface area contributed by atoms with Gasteiger partial charge in [0.2, 0.25) is 6.29 Å². The third-order valence-electron chi connectivity index (χ3n) is 2.43. The highest BCUT2D eigenvalue weighted by Crippen LogP contribution is 2.02. The van der Waals surface area contributed by atoms with Crippen LogP contribution < -0.4 is 5.32 Å². The second-order valence-corrected chi connectivity index (χ2v) is 4.16. The molecule has 1 N–H and O–H groups in total. The Morgan fingerprint density at radius 2 is 1.90 bits per heavy atom. The van der Waals surface area contributed by atoms with Crippen molar-refractivity contribution in [2.75, 3.05) is 0 Å². The number of hydrogen-bond donors (Lipinski definition) is 1. The van der Waals surface area contributed by atoms with Crippen LogP contribution in [0.4, 0.5) is 4.79 Å². The number of hydrogen-bond acceptors (Lipinski definition) is 6. The summed E-state index contributed by atoms with van der Waals surface area (Å²) in [5, 5.41) is 2.27. The van der Waals surface area contributed by atoms with E-state index in [-0.39, 0.29) is 13.1 Å². The molecule has 0 aliphatic rings. The minimum absolute atomic E-state index is 0.116. The number of amides is 1. The van der Waals surface area contributed by atoms with Gasteiger partial charge < -0.3 is 19.5 Å². The number of carbonyl (C=O) groups excluding carboxylic acids is 3. The Hall–Kier alpha value is -2.57. The van der Waals surface area contributed by atoms with Crippen molar-refractivity contribution in [1.29, 1.82) is 0 Å².